The molecule has 98 valence electrons. The van der Waals surface area contributed by atoms with Gasteiger partial charge < -0.3 is 5.73 Å². The maximum absolute atomic E-state index is 13.0. The monoisotopic (exact) mass is 248 g/mol. The van der Waals surface area contributed by atoms with Crippen molar-refractivity contribution in [3.8, 4) is 0 Å². The second kappa shape index (κ2) is 4.32. The van der Waals surface area contributed by atoms with Crippen LogP contribution in [0.15, 0.2) is 24.3 Å². The average Bonchev–Trinajstić information content (AvgIpc) is 2.75. The molecule has 0 spiro atoms. The van der Waals surface area contributed by atoms with E-state index in [0.717, 1.165) is 6.42 Å². The maximum Gasteiger partial charge on any atom is 0.123 e. The standard InChI is InChI=1S/C15H21FN2/c1-15(17)9-14(18-15)13-4-2-3-12(13)10-5-7-11(16)8-6-10/h5-8,12-14,18H,2-4,9,17H2,1H3/t12?,13?,14?,15-/m0/s1. The third-order valence-electron chi connectivity index (χ3n) is 4.54. The highest BCUT2D eigenvalue weighted by molar-refractivity contribution is 5.23. The van der Waals surface area contributed by atoms with Crippen molar-refractivity contribution in [1.29, 1.82) is 0 Å². The van der Waals surface area contributed by atoms with Gasteiger partial charge in [0.2, 0.25) is 0 Å². The third kappa shape index (κ3) is 2.17. The van der Waals surface area contributed by atoms with Gasteiger partial charge in [-0.3, -0.25) is 5.32 Å². The zero-order chi connectivity index (χ0) is 12.8. The van der Waals surface area contributed by atoms with Crippen LogP contribution < -0.4 is 11.1 Å². The quantitative estimate of drug-likeness (QED) is 0.844. The fraction of sp³-hybridized carbons (Fsp3) is 0.600. The molecule has 1 aliphatic carbocycles. The van der Waals surface area contributed by atoms with Gasteiger partial charge in [0.25, 0.3) is 0 Å². The van der Waals surface area contributed by atoms with Crippen LogP contribution in [0.4, 0.5) is 4.39 Å². The van der Waals surface area contributed by atoms with Gasteiger partial charge in [0.1, 0.15) is 5.82 Å². The zero-order valence-electron chi connectivity index (χ0n) is 10.8. The van der Waals surface area contributed by atoms with Crippen LogP contribution >= 0.6 is 0 Å². The normalized spacial score (nSPS) is 39.6. The lowest BCUT2D eigenvalue weighted by Crippen LogP contribution is -2.69. The Morgan fingerprint density at radius 1 is 1.28 bits per heavy atom. The van der Waals surface area contributed by atoms with Gasteiger partial charge in [-0.25, -0.2) is 4.39 Å². The lowest BCUT2D eigenvalue weighted by molar-refractivity contribution is 0.107. The highest BCUT2D eigenvalue weighted by Gasteiger charge is 2.44. The van der Waals surface area contributed by atoms with E-state index in [4.69, 9.17) is 5.73 Å². The van der Waals surface area contributed by atoms with Crippen molar-refractivity contribution in [1.82, 2.24) is 5.32 Å². The van der Waals surface area contributed by atoms with E-state index in [2.05, 4.69) is 5.32 Å². The molecule has 0 radical (unpaired) electrons. The van der Waals surface area contributed by atoms with E-state index in [1.54, 1.807) is 12.1 Å². The Hall–Kier alpha value is -0.930. The molecule has 2 fully saturated rings. The predicted octanol–water partition coefficient (Wildman–Crippen LogP) is 2.75. The number of benzene rings is 1. The van der Waals surface area contributed by atoms with E-state index in [1.807, 2.05) is 19.1 Å². The number of hydrogen-bond donors (Lipinski definition) is 2. The van der Waals surface area contributed by atoms with Crippen LogP contribution in [0.1, 0.15) is 44.1 Å². The van der Waals surface area contributed by atoms with Crippen molar-refractivity contribution in [3.63, 3.8) is 0 Å². The Labute approximate surface area is 108 Å². The van der Waals surface area contributed by atoms with Gasteiger partial charge in [-0.2, -0.15) is 0 Å². The first-order valence-electron chi connectivity index (χ1n) is 6.87. The Bertz CT molecular complexity index is 419. The highest BCUT2D eigenvalue weighted by atomic mass is 19.1. The van der Waals surface area contributed by atoms with Crippen molar-refractivity contribution in [2.45, 2.75) is 50.2 Å². The van der Waals surface area contributed by atoms with Gasteiger partial charge in [0.05, 0.1) is 5.66 Å². The minimum absolute atomic E-state index is 0.149. The molecular weight excluding hydrogens is 227 g/mol. The molecule has 1 heterocycles. The highest BCUT2D eigenvalue weighted by Crippen LogP contribution is 2.45. The Balaban J connectivity index is 1.74. The van der Waals surface area contributed by atoms with E-state index in [-0.39, 0.29) is 11.5 Å². The first kappa shape index (κ1) is 12.1. The summed E-state index contributed by atoms with van der Waals surface area (Å²) in [5.74, 6) is 1.08. The molecular formula is C15H21FN2. The minimum atomic E-state index is -0.180. The molecule has 3 unspecified atom stereocenters. The molecule has 4 atom stereocenters. The molecule has 1 saturated heterocycles. The Morgan fingerprint density at radius 3 is 2.56 bits per heavy atom. The molecule has 3 heteroatoms. The molecule has 1 aliphatic heterocycles. The molecule has 0 aromatic heterocycles. The van der Waals surface area contributed by atoms with Crippen LogP contribution in [-0.2, 0) is 0 Å². The summed E-state index contributed by atoms with van der Waals surface area (Å²) < 4.78 is 13.0. The molecule has 2 nitrogen and oxygen atoms in total. The number of rotatable bonds is 2. The lowest BCUT2D eigenvalue weighted by atomic mass is 9.76. The van der Waals surface area contributed by atoms with E-state index in [1.165, 1.54) is 24.8 Å². The van der Waals surface area contributed by atoms with Gasteiger partial charge in [0, 0.05) is 6.04 Å². The van der Waals surface area contributed by atoms with E-state index in [9.17, 15) is 4.39 Å². The predicted molar refractivity (Wildman–Crippen MR) is 70.6 cm³/mol. The summed E-state index contributed by atoms with van der Waals surface area (Å²) in [4.78, 5) is 0. The minimum Gasteiger partial charge on any atom is -0.313 e. The molecule has 2 aliphatic rings. The van der Waals surface area contributed by atoms with Crippen molar-refractivity contribution in [2.75, 3.05) is 0 Å². The van der Waals surface area contributed by atoms with Gasteiger partial charge in [-0.15, -0.1) is 0 Å². The van der Waals surface area contributed by atoms with Crippen molar-refractivity contribution in [3.05, 3.63) is 35.6 Å². The summed E-state index contributed by atoms with van der Waals surface area (Å²) in [7, 11) is 0. The summed E-state index contributed by atoms with van der Waals surface area (Å²) in [6.07, 6.45) is 4.80. The molecule has 0 amide bonds. The van der Waals surface area contributed by atoms with Crippen LogP contribution in [0.25, 0.3) is 0 Å². The maximum atomic E-state index is 13.0. The SMILES string of the molecule is C[C@@]1(N)CC(C2CCCC2c2ccc(F)cc2)N1. The van der Waals surface area contributed by atoms with Gasteiger partial charge in [-0.05, 0) is 55.7 Å². The summed E-state index contributed by atoms with van der Waals surface area (Å²) in [5, 5.41) is 3.48. The zero-order valence-corrected chi connectivity index (χ0v) is 10.8. The molecule has 0 bridgehead atoms. The number of nitrogens with one attached hydrogen (secondary N) is 1. The van der Waals surface area contributed by atoms with Crippen LogP contribution in [-0.4, -0.2) is 11.7 Å². The molecule has 1 aromatic rings. The van der Waals surface area contributed by atoms with Gasteiger partial charge in [0.15, 0.2) is 0 Å². The van der Waals surface area contributed by atoms with E-state index < -0.39 is 0 Å². The Morgan fingerprint density at radius 2 is 1.94 bits per heavy atom. The molecule has 3 rings (SSSR count). The van der Waals surface area contributed by atoms with Crippen LogP contribution in [0.3, 0.4) is 0 Å². The van der Waals surface area contributed by atoms with E-state index >= 15 is 0 Å². The third-order valence-corrected chi connectivity index (χ3v) is 4.54. The Kier molecular flexibility index (Phi) is 2.91. The largest absolute Gasteiger partial charge is 0.313 e. The van der Waals surface area contributed by atoms with Gasteiger partial charge in [-0.1, -0.05) is 18.6 Å². The average molecular weight is 248 g/mol. The second-order valence-corrected chi connectivity index (χ2v) is 6.13. The van der Waals surface area contributed by atoms with Crippen molar-refractivity contribution >= 4 is 0 Å². The number of nitrogens with two attached hydrogens (primary N) is 1. The van der Waals surface area contributed by atoms with Crippen LogP contribution in [0.2, 0.25) is 0 Å². The number of halogens is 1. The second-order valence-electron chi connectivity index (χ2n) is 6.13. The summed E-state index contributed by atoms with van der Waals surface area (Å²) in [5.41, 5.74) is 7.13. The van der Waals surface area contributed by atoms with Crippen LogP contribution in [0.5, 0.6) is 0 Å². The smallest absolute Gasteiger partial charge is 0.123 e. The topological polar surface area (TPSA) is 38.0 Å². The summed E-state index contributed by atoms with van der Waals surface area (Å²) >= 11 is 0. The molecule has 1 saturated carbocycles. The fourth-order valence-corrected chi connectivity index (χ4v) is 3.71. The van der Waals surface area contributed by atoms with E-state index in [0.29, 0.717) is 17.9 Å². The summed E-state index contributed by atoms with van der Waals surface area (Å²) in [6.45, 7) is 2.05. The van der Waals surface area contributed by atoms with Crippen molar-refractivity contribution in [2.24, 2.45) is 11.7 Å². The van der Waals surface area contributed by atoms with Crippen molar-refractivity contribution < 1.29 is 4.39 Å². The molecule has 18 heavy (non-hydrogen) atoms. The number of hydrogen-bond acceptors (Lipinski definition) is 2. The molecule has 1 aromatic carbocycles. The van der Waals surface area contributed by atoms with Gasteiger partial charge >= 0.3 is 0 Å². The first-order chi connectivity index (χ1) is 8.55. The lowest BCUT2D eigenvalue weighted by Gasteiger charge is -2.48. The fourth-order valence-electron chi connectivity index (χ4n) is 3.71. The van der Waals surface area contributed by atoms with Crippen LogP contribution in [0, 0.1) is 11.7 Å². The molecule has 3 N–H and O–H groups in total. The summed E-state index contributed by atoms with van der Waals surface area (Å²) in [6, 6.07) is 7.58. The first-order valence-corrected chi connectivity index (χ1v) is 6.87.